The number of nitrogens with two attached hydrogens (primary N) is 1. The van der Waals surface area contributed by atoms with Crippen LogP contribution in [0.25, 0.3) is 0 Å². The summed E-state index contributed by atoms with van der Waals surface area (Å²) in [5.41, 5.74) is 7.66. The zero-order valence-electron chi connectivity index (χ0n) is 10.8. The van der Waals surface area contributed by atoms with E-state index in [2.05, 4.69) is 30.8 Å². The van der Waals surface area contributed by atoms with Crippen LogP contribution in [0.1, 0.15) is 18.4 Å². The van der Waals surface area contributed by atoms with Gasteiger partial charge in [0.1, 0.15) is 4.47 Å². The third kappa shape index (κ3) is 2.56. The van der Waals surface area contributed by atoms with Gasteiger partial charge in [0.05, 0.1) is 6.33 Å². The van der Waals surface area contributed by atoms with Crippen molar-refractivity contribution in [1.82, 2.24) is 9.97 Å². The third-order valence-corrected chi connectivity index (χ3v) is 4.15. The van der Waals surface area contributed by atoms with E-state index in [9.17, 15) is 4.79 Å². The normalized spacial score (nSPS) is 14.2. The summed E-state index contributed by atoms with van der Waals surface area (Å²) >= 11 is 3.33. The van der Waals surface area contributed by atoms with Gasteiger partial charge in [-0.1, -0.05) is 18.2 Å². The summed E-state index contributed by atoms with van der Waals surface area (Å²) in [7, 11) is 0. The predicted octanol–water partition coefficient (Wildman–Crippen LogP) is 2.28. The van der Waals surface area contributed by atoms with Crippen LogP contribution in [0.5, 0.6) is 0 Å². The smallest absolute Gasteiger partial charge is 0.267 e. The number of hydrogen-bond acceptors (Lipinski definition) is 4. The molecule has 1 aromatic heterocycles. The lowest BCUT2D eigenvalue weighted by Gasteiger charge is -2.24. The van der Waals surface area contributed by atoms with Crippen molar-refractivity contribution < 1.29 is 0 Å². The Morgan fingerprint density at radius 3 is 2.85 bits per heavy atom. The molecule has 1 aliphatic carbocycles. The van der Waals surface area contributed by atoms with Crippen molar-refractivity contribution in [3.8, 4) is 0 Å². The molecule has 1 aromatic carbocycles. The minimum atomic E-state index is -0.165. The molecule has 2 aromatic rings. The van der Waals surface area contributed by atoms with E-state index in [0.29, 0.717) is 22.9 Å². The van der Waals surface area contributed by atoms with E-state index in [0.717, 1.165) is 24.1 Å². The van der Waals surface area contributed by atoms with Crippen molar-refractivity contribution in [2.45, 2.75) is 25.4 Å². The van der Waals surface area contributed by atoms with Crippen LogP contribution < -0.4 is 16.2 Å². The van der Waals surface area contributed by atoms with E-state index in [4.69, 9.17) is 5.73 Å². The maximum atomic E-state index is 11.7. The van der Waals surface area contributed by atoms with Gasteiger partial charge in [-0.2, -0.15) is 0 Å². The number of aromatic amines is 1. The molecular weight excluding hydrogens is 320 g/mol. The number of benzene rings is 1. The molecule has 0 radical (unpaired) electrons. The first-order valence-electron chi connectivity index (χ1n) is 6.50. The number of halogens is 1. The van der Waals surface area contributed by atoms with Crippen molar-refractivity contribution in [3.63, 3.8) is 0 Å². The number of nitrogens with one attached hydrogen (secondary N) is 1. The number of H-pyrrole nitrogens is 1. The Morgan fingerprint density at radius 1 is 1.40 bits per heavy atom. The maximum Gasteiger partial charge on any atom is 0.267 e. The molecule has 0 aliphatic heterocycles. The van der Waals surface area contributed by atoms with Crippen molar-refractivity contribution in [2.24, 2.45) is 0 Å². The lowest BCUT2D eigenvalue weighted by molar-refractivity contribution is 0.771. The Hall–Kier alpha value is -1.82. The Labute approximate surface area is 125 Å². The van der Waals surface area contributed by atoms with Crippen LogP contribution in [0.2, 0.25) is 0 Å². The first-order valence-corrected chi connectivity index (χ1v) is 7.29. The van der Waals surface area contributed by atoms with Gasteiger partial charge in [-0.05, 0) is 40.4 Å². The minimum Gasteiger partial charge on any atom is -0.398 e. The minimum absolute atomic E-state index is 0.165. The molecule has 0 bridgehead atoms. The lowest BCUT2D eigenvalue weighted by atomic mass is 10.1. The molecule has 104 valence electrons. The quantitative estimate of drug-likeness (QED) is 0.841. The number of anilines is 2. The summed E-state index contributed by atoms with van der Waals surface area (Å²) in [6, 6.07) is 8.21. The first kappa shape index (κ1) is 13.2. The molecule has 0 atom stereocenters. The van der Waals surface area contributed by atoms with E-state index in [1.165, 1.54) is 6.33 Å². The summed E-state index contributed by atoms with van der Waals surface area (Å²) in [5.74, 6) is 0.680. The van der Waals surface area contributed by atoms with E-state index >= 15 is 0 Å². The molecule has 3 N–H and O–H groups in total. The highest BCUT2D eigenvalue weighted by molar-refractivity contribution is 9.10. The molecule has 1 heterocycles. The molecule has 1 fully saturated rings. The van der Waals surface area contributed by atoms with Crippen LogP contribution in [-0.2, 0) is 6.54 Å². The zero-order valence-corrected chi connectivity index (χ0v) is 12.4. The predicted molar refractivity (Wildman–Crippen MR) is 82.6 cm³/mol. The second-order valence-electron chi connectivity index (χ2n) is 4.93. The van der Waals surface area contributed by atoms with E-state index < -0.39 is 0 Å². The van der Waals surface area contributed by atoms with Crippen LogP contribution >= 0.6 is 15.9 Å². The third-order valence-electron chi connectivity index (χ3n) is 3.43. The maximum absolute atomic E-state index is 11.7. The van der Waals surface area contributed by atoms with Gasteiger partial charge in [0, 0.05) is 18.3 Å². The molecule has 3 rings (SSSR count). The zero-order chi connectivity index (χ0) is 14.1. The van der Waals surface area contributed by atoms with Crippen LogP contribution in [0, 0.1) is 0 Å². The molecule has 5 nitrogen and oxygen atoms in total. The summed E-state index contributed by atoms with van der Waals surface area (Å²) in [4.78, 5) is 20.7. The van der Waals surface area contributed by atoms with E-state index in [1.807, 2.05) is 24.3 Å². The fourth-order valence-corrected chi connectivity index (χ4v) is 2.64. The van der Waals surface area contributed by atoms with Crippen molar-refractivity contribution >= 4 is 27.4 Å². The number of nitrogen functional groups attached to an aromatic ring is 1. The first-order chi connectivity index (χ1) is 9.66. The second kappa shape index (κ2) is 5.28. The second-order valence-corrected chi connectivity index (χ2v) is 5.72. The Morgan fingerprint density at radius 2 is 2.15 bits per heavy atom. The summed E-state index contributed by atoms with van der Waals surface area (Å²) in [5, 5.41) is 0. The monoisotopic (exact) mass is 334 g/mol. The molecule has 6 heteroatoms. The largest absolute Gasteiger partial charge is 0.398 e. The Bertz CT molecular complexity index is 681. The van der Waals surface area contributed by atoms with Gasteiger partial charge in [-0.15, -0.1) is 0 Å². The van der Waals surface area contributed by atoms with Gasteiger partial charge in [0.15, 0.2) is 5.82 Å². The van der Waals surface area contributed by atoms with Crippen LogP contribution in [0.3, 0.4) is 0 Å². The van der Waals surface area contributed by atoms with Crippen LogP contribution in [0.15, 0.2) is 39.9 Å². The molecule has 20 heavy (non-hydrogen) atoms. The average Bonchev–Trinajstić information content (AvgIpc) is 3.26. The van der Waals surface area contributed by atoms with Gasteiger partial charge >= 0.3 is 0 Å². The number of aromatic nitrogens is 2. The van der Waals surface area contributed by atoms with Crippen molar-refractivity contribution in [2.75, 3.05) is 10.6 Å². The topological polar surface area (TPSA) is 75.0 Å². The fraction of sp³-hybridized carbons (Fsp3) is 0.286. The molecule has 1 saturated carbocycles. The highest BCUT2D eigenvalue weighted by atomic mass is 79.9. The van der Waals surface area contributed by atoms with E-state index in [1.54, 1.807) is 0 Å². The Kier molecular flexibility index (Phi) is 3.48. The van der Waals surface area contributed by atoms with E-state index in [-0.39, 0.29) is 5.56 Å². The van der Waals surface area contributed by atoms with Gasteiger partial charge in [-0.3, -0.25) is 4.79 Å². The molecule has 1 aliphatic rings. The fourth-order valence-electron chi connectivity index (χ4n) is 2.20. The van der Waals surface area contributed by atoms with Gasteiger partial charge in [-0.25, -0.2) is 4.98 Å². The van der Waals surface area contributed by atoms with Crippen molar-refractivity contribution in [1.29, 1.82) is 0 Å². The van der Waals surface area contributed by atoms with Gasteiger partial charge in [0.2, 0.25) is 0 Å². The standard InChI is InChI=1S/C14H15BrN4O/c15-12-13(17-8-18-14(12)20)19(10-5-6-10)7-9-3-1-2-4-11(9)16/h1-4,8,10H,5-7,16H2,(H,17,18,20). The number of rotatable bonds is 4. The highest BCUT2D eigenvalue weighted by Gasteiger charge is 2.32. The summed E-state index contributed by atoms with van der Waals surface area (Å²) < 4.78 is 0.474. The molecule has 0 amide bonds. The Balaban J connectivity index is 1.96. The molecule has 0 spiro atoms. The van der Waals surface area contributed by atoms with Gasteiger partial charge in [0.25, 0.3) is 5.56 Å². The van der Waals surface area contributed by atoms with Gasteiger partial charge < -0.3 is 15.6 Å². The molecule has 0 unspecified atom stereocenters. The SMILES string of the molecule is Nc1ccccc1CN(c1nc[nH]c(=O)c1Br)C1CC1. The van der Waals surface area contributed by atoms with Crippen molar-refractivity contribution in [3.05, 3.63) is 51.0 Å². The van der Waals surface area contributed by atoms with Crippen LogP contribution in [-0.4, -0.2) is 16.0 Å². The molecule has 0 saturated heterocycles. The van der Waals surface area contributed by atoms with Crippen LogP contribution in [0.4, 0.5) is 11.5 Å². The average molecular weight is 335 g/mol. The highest BCUT2D eigenvalue weighted by Crippen LogP contribution is 2.34. The summed E-state index contributed by atoms with van der Waals surface area (Å²) in [6.45, 7) is 0.659. The number of para-hydroxylation sites is 1. The number of hydrogen-bond donors (Lipinski definition) is 2. The lowest BCUT2D eigenvalue weighted by Crippen LogP contribution is -2.28. The number of nitrogens with zero attached hydrogens (tertiary/aromatic N) is 2. The summed E-state index contributed by atoms with van der Waals surface area (Å²) in [6.07, 6.45) is 3.67. The molecular formula is C14H15BrN4O.